The smallest absolute Gasteiger partial charge is 0.224 e. The first-order valence-electron chi connectivity index (χ1n) is 6.47. The van der Waals surface area contributed by atoms with Crippen LogP contribution in [0.5, 0.6) is 0 Å². The van der Waals surface area contributed by atoms with Gasteiger partial charge in [-0.25, -0.2) is 8.78 Å². The van der Waals surface area contributed by atoms with Gasteiger partial charge in [0.25, 0.3) is 0 Å². The Bertz CT molecular complexity index is 756. The van der Waals surface area contributed by atoms with Crippen molar-refractivity contribution < 1.29 is 18.4 Å². The van der Waals surface area contributed by atoms with Gasteiger partial charge >= 0.3 is 0 Å². The molecule has 1 N–H and O–H groups in total. The third-order valence-electron chi connectivity index (χ3n) is 3.44. The molecule has 1 heterocycles. The molecule has 0 radical (unpaired) electrons. The summed E-state index contributed by atoms with van der Waals surface area (Å²) in [7, 11) is 0. The van der Waals surface area contributed by atoms with E-state index in [0.717, 1.165) is 17.7 Å². The molecule has 0 unspecified atom stereocenters. The van der Waals surface area contributed by atoms with Gasteiger partial charge in [0.15, 0.2) is 17.4 Å². The number of carbonyl (C=O) groups excluding carboxylic acids is 2. The van der Waals surface area contributed by atoms with Gasteiger partial charge in [-0.15, -0.1) is 0 Å². The Morgan fingerprint density at radius 2 is 1.67 bits per heavy atom. The van der Waals surface area contributed by atoms with Crippen molar-refractivity contribution in [1.29, 1.82) is 0 Å². The average molecular weight is 287 g/mol. The molecule has 2 aromatic rings. The van der Waals surface area contributed by atoms with Crippen LogP contribution in [0.4, 0.5) is 14.5 Å². The summed E-state index contributed by atoms with van der Waals surface area (Å²) in [5, 5.41) is 2.72. The van der Waals surface area contributed by atoms with Crippen molar-refractivity contribution in [3.8, 4) is 0 Å². The standard InChI is InChI=1S/C16H11F2NO2/c17-12-4-1-11(8-13(12)18)16(21)10-2-5-14-9(7-10)3-6-15(20)19-14/h1-2,4-5,7-8H,3,6H2,(H,19,20). The molecule has 0 aromatic heterocycles. The highest BCUT2D eigenvalue weighted by Crippen LogP contribution is 2.25. The number of hydrogen-bond donors (Lipinski definition) is 1. The van der Waals surface area contributed by atoms with Crippen molar-refractivity contribution in [2.45, 2.75) is 12.8 Å². The fourth-order valence-corrected chi connectivity index (χ4v) is 2.33. The summed E-state index contributed by atoms with van der Waals surface area (Å²) in [5.74, 6) is -2.47. The Kier molecular flexibility index (Phi) is 3.25. The Morgan fingerprint density at radius 1 is 0.952 bits per heavy atom. The Labute approximate surface area is 119 Å². The van der Waals surface area contributed by atoms with Gasteiger partial charge in [0.1, 0.15) is 0 Å². The number of fused-ring (bicyclic) bond motifs is 1. The van der Waals surface area contributed by atoms with Crippen LogP contribution in [0.2, 0.25) is 0 Å². The number of carbonyl (C=O) groups is 2. The van der Waals surface area contributed by atoms with Gasteiger partial charge in [0.2, 0.25) is 5.91 Å². The van der Waals surface area contributed by atoms with Crippen LogP contribution in [-0.2, 0) is 11.2 Å². The highest BCUT2D eigenvalue weighted by atomic mass is 19.2. The van der Waals surface area contributed by atoms with Crippen LogP contribution in [0.3, 0.4) is 0 Å². The predicted molar refractivity (Wildman–Crippen MR) is 73.2 cm³/mol. The lowest BCUT2D eigenvalue weighted by atomic mass is 9.96. The molecule has 1 aliphatic heterocycles. The molecule has 1 amide bonds. The zero-order valence-corrected chi connectivity index (χ0v) is 11.0. The molecule has 106 valence electrons. The summed E-state index contributed by atoms with van der Waals surface area (Å²) in [6.45, 7) is 0. The van der Waals surface area contributed by atoms with Crippen molar-refractivity contribution in [2.75, 3.05) is 5.32 Å². The SMILES string of the molecule is O=C1CCc2cc(C(=O)c3ccc(F)c(F)c3)ccc2N1. The number of halogens is 2. The van der Waals surface area contributed by atoms with E-state index in [1.165, 1.54) is 6.07 Å². The largest absolute Gasteiger partial charge is 0.326 e. The average Bonchev–Trinajstić information content (AvgIpc) is 2.49. The molecule has 1 aliphatic rings. The predicted octanol–water partition coefficient (Wildman–Crippen LogP) is 3.08. The van der Waals surface area contributed by atoms with E-state index < -0.39 is 11.6 Å². The maximum absolute atomic E-state index is 13.2. The lowest BCUT2D eigenvalue weighted by Crippen LogP contribution is -2.19. The highest BCUT2D eigenvalue weighted by Gasteiger charge is 2.18. The van der Waals surface area contributed by atoms with Crippen LogP contribution >= 0.6 is 0 Å². The van der Waals surface area contributed by atoms with E-state index in [-0.39, 0.29) is 17.3 Å². The molecule has 0 fully saturated rings. The Morgan fingerprint density at radius 3 is 2.43 bits per heavy atom. The van der Waals surface area contributed by atoms with E-state index in [4.69, 9.17) is 0 Å². The molecular formula is C16H11F2NO2. The van der Waals surface area contributed by atoms with Crippen molar-refractivity contribution in [1.82, 2.24) is 0 Å². The second-order valence-corrected chi connectivity index (χ2v) is 4.88. The molecule has 3 nitrogen and oxygen atoms in total. The van der Waals surface area contributed by atoms with Gasteiger partial charge in [-0.2, -0.15) is 0 Å². The number of anilines is 1. The van der Waals surface area contributed by atoms with Crippen LogP contribution in [0.1, 0.15) is 27.9 Å². The molecule has 0 aliphatic carbocycles. The fraction of sp³-hybridized carbons (Fsp3) is 0.125. The van der Waals surface area contributed by atoms with Crippen LogP contribution in [0.25, 0.3) is 0 Å². The third-order valence-corrected chi connectivity index (χ3v) is 3.44. The Balaban J connectivity index is 1.95. The van der Waals surface area contributed by atoms with Crippen LogP contribution in [-0.4, -0.2) is 11.7 Å². The van der Waals surface area contributed by atoms with Gasteiger partial charge < -0.3 is 5.32 Å². The number of nitrogens with one attached hydrogen (secondary N) is 1. The molecule has 3 rings (SSSR count). The summed E-state index contributed by atoms with van der Waals surface area (Å²) in [4.78, 5) is 23.6. The van der Waals surface area contributed by atoms with Crippen molar-refractivity contribution >= 4 is 17.4 Å². The van der Waals surface area contributed by atoms with E-state index in [1.807, 2.05) is 0 Å². The topological polar surface area (TPSA) is 46.2 Å². The second kappa shape index (κ2) is 5.09. The summed E-state index contributed by atoms with van der Waals surface area (Å²) in [6.07, 6.45) is 0.926. The molecular weight excluding hydrogens is 276 g/mol. The van der Waals surface area contributed by atoms with Gasteiger partial charge in [0, 0.05) is 23.2 Å². The number of aryl methyl sites for hydroxylation is 1. The summed E-state index contributed by atoms with van der Waals surface area (Å²) in [5.41, 5.74) is 2.03. The lowest BCUT2D eigenvalue weighted by Gasteiger charge is -2.17. The molecule has 0 saturated heterocycles. The molecule has 21 heavy (non-hydrogen) atoms. The van der Waals surface area contributed by atoms with Crippen molar-refractivity contribution in [3.63, 3.8) is 0 Å². The normalized spacial score (nSPS) is 13.5. The van der Waals surface area contributed by atoms with Crippen LogP contribution in [0, 0.1) is 11.6 Å². The highest BCUT2D eigenvalue weighted by molar-refractivity contribution is 6.09. The van der Waals surface area contributed by atoms with E-state index in [1.54, 1.807) is 18.2 Å². The number of ketones is 1. The number of rotatable bonds is 2. The van der Waals surface area contributed by atoms with E-state index in [2.05, 4.69) is 5.32 Å². The van der Waals surface area contributed by atoms with Gasteiger partial charge in [-0.3, -0.25) is 9.59 Å². The van der Waals surface area contributed by atoms with E-state index in [0.29, 0.717) is 24.1 Å². The first-order valence-corrected chi connectivity index (χ1v) is 6.47. The maximum Gasteiger partial charge on any atom is 0.224 e. The fourth-order valence-electron chi connectivity index (χ4n) is 2.33. The quantitative estimate of drug-likeness (QED) is 0.863. The minimum absolute atomic E-state index is 0.0535. The molecule has 0 atom stereocenters. The maximum atomic E-state index is 13.2. The zero-order valence-electron chi connectivity index (χ0n) is 11.0. The van der Waals surface area contributed by atoms with Crippen molar-refractivity contribution in [3.05, 3.63) is 64.7 Å². The first-order chi connectivity index (χ1) is 10.0. The third kappa shape index (κ3) is 2.54. The first kappa shape index (κ1) is 13.4. The lowest BCUT2D eigenvalue weighted by molar-refractivity contribution is -0.116. The van der Waals surface area contributed by atoms with Gasteiger partial charge in [0.05, 0.1) is 0 Å². The number of benzene rings is 2. The molecule has 5 heteroatoms. The zero-order chi connectivity index (χ0) is 15.0. The minimum atomic E-state index is -1.05. The number of amides is 1. The Hall–Kier alpha value is -2.56. The minimum Gasteiger partial charge on any atom is -0.326 e. The second-order valence-electron chi connectivity index (χ2n) is 4.88. The van der Waals surface area contributed by atoms with E-state index >= 15 is 0 Å². The molecule has 0 bridgehead atoms. The van der Waals surface area contributed by atoms with E-state index in [9.17, 15) is 18.4 Å². The summed E-state index contributed by atoms with van der Waals surface area (Å²) in [6, 6.07) is 7.97. The summed E-state index contributed by atoms with van der Waals surface area (Å²) < 4.78 is 26.1. The van der Waals surface area contributed by atoms with Crippen LogP contribution < -0.4 is 5.32 Å². The molecule has 0 spiro atoms. The monoisotopic (exact) mass is 287 g/mol. The molecule has 2 aromatic carbocycles. The summed E-state index contributed by atoms with van der Waals surface area (Å²) >= 11 is 0. The van der Waals surface area contributed by atoms with Gasteiger partial charge in [-0.1, -0.05) is 0 Å². The van der Waals surface area contributed by atoms with Crippen LogP contribution in [0.15, 0.2) is 36.4 Å². The van der Waals surface area contributed by atoms with Gasteiger partial charge in [-0.05, 0) is 48.4 Å². The molecule has 0 saturated carbocycles. The van der Waals surface area contributed by atoms with Crippen molar-refractivity contribution in [2.24, 2.45) is 0 Å². The number of hydrogen-bond acceptors (Lipinski definition) is 2.